The van der Waals surface area contributed by atoms with Crippen LogP contribution in [0.5, 0.6) is 0 Å². The number of rotatable bonds is 2. The number of hydrogen-bond acceptors (Lipinski definition) is 2. The van der Waals surface area contributed by atoms with Crippen molar-refractivity contribution in [2.24, 2.45) is 0 Å². The Morgan fingerprint density at radius 3 is 3.00 bits per heavy atom. The molecule has 4 heteroatoms. The molecule has 0 aliphatic carbocycles. The van der Waals surface area contributed by atoms with Gasteiger partial charge in [0, 0.05) is 6.54 Å². The van der Waals surface area contributed by atoms with Crippen LogP contribution in [0.2, 0.25) is 0 Å². The molecule has 0 fully saturated rings. The highest BCUT2D eigenvalue weighted by Gasteiger charge is 1.98. The van der Waals surface area contributed by atoms with E-state index < -0.39 is 0 Å². The number of aromatic nitrogens is 3. The SMILES string of the molecule is C=CCn1c(C)n[nH]c1=O. The summed E-state index contributed by atoms with van der Waals surface area (Å²) >= 11 is 0. The minimum atomic E-state index is -0.183. The third-order valence-corrected chi connectivity index (χ3v) is 1.26. The fraction of sp³-hybridized carbons (Fsp3) is 0.333. The van der Waals surface area contributed by atoms with Crippen LogP contribution in [0.25, 0.3) is 0 Å². The first-order valence-electron chi connectivity index (χ1n) is 2.98. The van der Waals surface area contributed by atoms with E-state index in [1.165, 1.54) is 4.57 Å². The molecule has 4 nitrogen and oxygen atoms in total. The van der Waals surface area contributed by atoms with Crippen molar-refractivity contribution in [1.29, 1.82) is 0 Å². The second kappa shape index (κ2) is 2.51. The van der Waals surface area contributed by atoms with Crippen molar-refractivity contribution >= 4 is 0 Å². The van der Waals surface area contributed by atoms with Crippen LogP contribution in [0.15, 0.2) is 17.4 Å². The van der Waals surface area contributed by atoms with Gasteiger partial charge in [0.25, 0.3) is 0 Å². The third kappa shape index (κ3) is 1.00. The molecule has 1 N–H and O–H groups in total. The van der Waals surface area contributed by atoms with Crippen LogP contribution in [0.3, 0.4) is 0 Å². The van der Waals surface area contributed by atoms with Crippen molar-refractivity contribution in [3.8, 4) is 0 Å². The molecule has 0 bridgehead atoms. The maximum Gasteiger partial charge on any atom is 0.343 e. The van der Waals surface area contributed by atoms with Crippen LogP contribution in [-0.4, -0.2) is 14.8 Å². The molecule has 0 spiro atoms. The van der Waals surface area contributed by atoms with Gasteiger partial charge in [0.2, 0.25) is 0 Å². The summed E-state index contributed by atoms with van der Waals surface area (Å²) in [5.41, 5.74) is -0.183. The number of H-pyrrole nitrogens is 1. The summed E-state index contributed by atoms with van der Waals surface area (Å²) in [5, 5.41) is 6.04. The van der Waals surface area contributed by atoms with Crippen LogP contribution in [-0.2, 0) is 6.54 Å². The lowest BCUT2D eigenvalue weighted by atomic mass is 10.6. The fourth-order valence-electron chi connectivity index (χ4n) is 0.741. The van der Waals surface area contributed by atoms with E-state index in [0.29, 0.717) is 12.4 Å². The van der Waals surface area contributed by atoms with Crippen LogP contribution in [0.1, 0.15) is 5.82 Å². The summed E-state index contributed by atoms with van der Waals surface area (Å²) in [5.74, 6) is 0.685. The van der Waals surface area contributed by atoms with Crippen LogP contribution < -0.4 is 5.69 Å². The van der Waals surface area contributed by atoms with E-state index in [2.05, 4.69) is 16.8 Å². The molecular weight excluding hydrogens is 130 g/mol. The smallest absolute Gasteiger partial charge is 0.275 e. The Labute approximate surface area is 58.2 Å². The summed E-state index contributed by atoms with van der Waals surface area (Å²) in [7, 11) is 0. The van der Waals surface area contributed by atoms with Crippen molar-refractivity contribution in [2.45, 2.75) is 13.5 Å². The van der Waals surface area contributed by atoms with Gasteiger partial charge >= 0.3 is 5.69 Å². The van der Waals surface area contributed by atoms with Gasteiger partial charge in [-0.2, -0.15) is 5.10 Å². The quantitative estimate of drug-likeness (QED) is 0.589. The van der Waals surface area contributed by atoms with Gasteiger partial charge in [-0.05, 0) is 6.92 Å². The minimum absolute atomic E-state index is 0.183. The molecule has 1 aromatic heterocycles. The molecule has 1 heterocycles. The van der Waals surface area contributed by atoms with Crippen LogP contribution in [0.4, 0.5) is 0 Å². The normalized spacial score (nSPS) is 9.70. The fourth-order valence-corrected chi connectivity index (χ4v) is 0.741. The molecule has 0 aromatic carbocycles. The molecule has 1 rings (SSSR count). The van der Waals surface area contributed by atoms with Gasteiger partial charge in [0.15, 0.2) is 0 Å². The number of hydrogen-bond donors (Lipinski definition) is 1. The Hall–Kier alpha value is -1.32. The molecule has 10 heavy (non-hydrogen) atoms. The summed E-state index contributed by atoms with van der Waals surface area (Å²) in [4.78, 5) is 10.8. The van der Waals surface area contributed by atoms with E-state index in [4.69, 9.17) is 0 Å². The summed E-state index contributed by atoms with van der Waals surface area (Å²) in [6.45, 7) is 5.80. The number of nitrogens with zero attached hydrogens (tertiary/aromatic N) is 2. The van der Waals surface area contributed by atoms with Gasteiger partial charge < -0.3 is 0 Å². The number of nitrogens with one attached hydrogen (secondary N) is 1. The first kappa shape index (κ1) is 6.80. The van der Waals surface area contributed by atoms with E-state index in [1.54, 1.807) is 13.0 Å². The lowest BCUT2D eigenvalue weighted by molar-refractivity contribution is 0.752. The lowest BCUT2D eigenvalue weighted by Gasteiger charge is -1.93. The number of aromatic amines is 1. The Morgan fingerprint density at radius 2 is 2.60 bits per heavy atom. The second-order valence-electron chi connectivity index (χ2n) is 1.98. The maximum absolute atomic E-state index is 10.8. The zero-order valence-corrected chi connectivity index (χ0v) is 5.79. The first-order valence-corrected chi connectivity index (χ1v) is 2.98. The van der Waals surface area contributed by atoms with Crippen molar-refractivity contribution in [3.05, 3.63) is 29.0 Å². The summed E-state index contributed by atoms with van der Waals surface area (Å²) in [6.07, 6.45) is 1.66. The Morgan fingerprint density at radius 1 is 1.90 bits per heavy atom. The molecule has 54 valence electrons. The monoisotopic (exact) mass is 139 g/mol. The zero-order chi connectivity index (χ0) is 7.56. The molecular formula is C6H9N3O. The predicted molar refractivity (Wildman–Crippen MR) is 37.8 cm³/mol. The summed E-state index contributed by atoms with van der Waals surface area (Å²) in [6, 6.07) is 0. The van der Waals surface area contributed by atoms with Gasteiger partial charge in [-0.3, -0.25) is 4.57 Å². The Bertz CT molecular complexity index is 283. The highest BCUT2D eigenvalue weighted by molar-refractivity contribution is 4.84. The van der Waals surface area contributed by atoms with E-state index in [0.717, 1.165) is 0 Å². The zero-order valence-electron chi connectivity index (χ0n) is 5.79. The van der Waals surface area contributed by atoms with Gasteiger partial charge in [-0.25, -0.2) is 9.89 Å². The molecule has 0 atom stereocenters. The van der Waals surface area contributed by atoms with Crippen molar-refractivity contribution in [2.75, 3.05) is 0 Å². The molecule has 0 aliphatic heterocycles. The lowest BCUT2D eigenvalue weighted by Crippen LogP contribution is -2.16. The number of allylic oxidation sites excluding steroid dienone is 1. The van der Waals surface area contributed by atoms with E-state index in [1.807, 2.05) is 0 Å². The molecule has 0 saturated carbocycles. The van der Waals surface area contributed by atoms with Gasteiger partial charge in [0.05, 0.1) is 0 Å². The van der Waals surface area contributed by atoms with Crippen LogP contribution >= 0.6 is 0 Å². The molecule has 0 amide bonds. The van der Waals surface area contributed by atoms with Crippen molar-refractivity contribution < 1.29 is 0 Å². The Balaban J connectivity index is 3.10. The molecule has 0 radical (unpaired) electrons. The topological polar surface area (TPSA) is 50.7 Å². The van der Waals surface area contributed by atoms with E-state index in [9.17, 15) is 4.79 Å². The van der Waals surface area contributed by atoms with Crippen molar-refractivity contribution in [3.63, 3.8) is 0 Å². The van der Waals surface area contributed by atoms with Gasteiger partial charge in [0.1, 0.15) is 5.82 Å². The van der Waals surface area contributed by atoms with Gasteiger partial charge in [-0.15, -0.1) is 6.58 Å². The largest absolute Gasteiger partial charge is 0.343 e. The van der Waals surface area contributed by atoms with E-state index in [-0.39, 0.29) is 5.69 Å². The first-order chi connectivity index (χ1) is 4.75. The second-order valence-corrected chi connectivity index (χ2v) is 1.98. The van der Waals surface area contributed by atoms with Crippen molar-refractivity contribution in [1.82, 2.24) is 14.8 Å². The minimum Gasteiger partial charge on any atom is -0.275 e. The molecule has 0 aliphatic rings. The Kier molecular flexibility index (Phi) is 1.71. The standard InChI is InChI=1S/C6H9N3O/c1-3-4-9-5(2)7-8-6(9)10/h3H,1,4H2,2H3,(H,8,10). The molecule has 0 unspecified atom stereocenters. The average molecular weight is 139 g/mol. The molecule has 1 aromatic rings. The predicted octanol–water partition coefficient (Wildman–Crippen LogP) is 0.0658. The van der Waals surface area contributed by atoms with E-state index >= 15 is 0 Å². The van der Waals surface area contributed by atoms with Gasteiger partial charge in [-0.1, -0.05) is 6.08 Å². The average Bonchev–Trinajstić information content (AvgIpc) is 2.20. The number of aryl methyl sites for hydroxylation is 1. The highest BCUT2D eigenvalue weighted by atomic mass is 16.1. The maximum atomic E-state index is 10.8. The highest BCUT2D eigenvalue weighted by Crippen LogP contribution is 1.85. The molecule has 0 saturated heterocycles. The summed E-state index contributed by atoms with van der Waals surface area (Å²) < 4.78 is 1.51. The third-order valence-electron chi connectivity index (χ3n) is 1.26. The van der Waals surface area contributed by atoms with Crippen LogP contribution in [0, 0.1) is 6.92 Å².